The van der Waals surface area contributed by atoms with Gasteiger partial charge in [-0.05, 0) is 73.9 Å². The number of rotatable bonds is 8. The molecule has 1 aromatic carbocycles. The molecule has 0 saturated carbocycles. The van der Waals surface area contributed by atoms with Crippen LogP contribution in [-0.4, -0.2) is 49.4 Å². The van der Waals surface area contributed by atoms with Gasteiger partial charge < -0.3 is 24.3 Å². The van der Waals surface area contributed by atoms with Crippen LogP contribution in [0.25, 0.3) is 0 Å². The van der Waals surface area contributed by atoms with Crippen LogP contribution in [0.15, 0.2) is 46.4 Å². The van der Waals surface area contributed by atoms with Gasteiger partial charge in [-0.25, -0.2) is 20.0 Å². The largest absolute Gasteiger partial charge is 0.359 e. The molecule has 0 saturated heterocycles. The Labute approximate surface area is 228 Å². The molecular formula is C30H33N5O4. The van der Waals surface area contributed by atoms with E-state index in [1.807, 2.05) is 30.3 Å². The van der Waals surface area contributed by atoms with Crippen molar-refractivity contribution in [3.8, 4) is 0 Å². The van der Waals surface area contributed by atoms with E-state index in [1.165, 1.54) is 22.3 Å². The first-order valence-electron chi connectivity index (χ1n) is 13.3. The van der Waals surface area contributed by atoms with E-state index in [9.17, 15) is 0 Å². The maximum Gasteiger partial charge on any atom is 0.164 e. The summed E-state index contributed by atoms with van der Waals surface area (Å²) in [4.78, 5) is 19.6. The molecule has 0 spiro atoms. The van der Waals surface area contributed by atoms with Crippen LogP contribution in [-0.2, 0) is 31.8 Å². The Hall–Kier alpha value is -3.50. The number of nitrogens with one attached hydrogen (secondary N) is 1. The molecule has 2 aromatic heterocycles. The number of aryl methyl sites for hydroxylation is 2. The van der Waals surface area contributed by atoms with Crippen molar-refractivity contribution in [2.75, 3.05) is 33.1 Å². The second kappa shape index (κ2) is 10.9. The maximum atomic E-state index is 5.88. The molecule has 39 heavy (non-hydrogen) atoms. The highest BCUT2D eigenvalue weighted by Crippen LogP contribution is 2.37. The van der Waals surface area contributed by atoms with Gasteiger partial charge in [0.05, 0.1) is 11.4 Å². The Kier molecular flexibility index (Phi) is 7.22. The van der Waals surface area contributed by atoms with Crippen LogP contribution >= 0.6 is 0 Å². The average Bonchev–Trinajstić information content (AvgIpc) is 3.63. The van der Waals surface area contributed by atoms with Crippen LogP contribution in [0.5, 0.6) is 0 Å². The molecule has 0 radical (unpaired) electrons. The van der Waals surface area contributed by atoms with Gasteiger partial charge in [-0.1, -0.05) is 24.3 Å². The third-order valence-electron chi connectivity index (χ3n) is 7.55. The van der Waals surface area contributed by atoms with Gasteiger partial charge in [0.25, 0.3) is 0 Å². The number of aliphatic imine (C=N–C) groups is 2. The van der Waals surface area contributed by atoms with Crippen LogP contribution in [0, 0.1) is 13.8 Å². The van der Waals surface area contributed by atoms with Crippen molar-refractivity contribution in [3.05, 3.63) is 81.2 Å². The second-order valence-electron chi connectivity index (χ2n) is 10.1. The van der Waals surface area contributed by atoms with Crippen LogP contribution < -0.4 is 5.32 Å². The van der Waals surface area contributed by atoms with E-state index in [-0.39, 0.29) is 25.8 Å². The number of ether oxygens (including phenoxy) is 4. The number of methoxy groups -OCH3 is 2. The number of fused-ring (bicyclic) bond motifs is 3. The van der Waals surface area contributed by atoms with Crippen molar-refractivity contribution in [1.29, 1.82) is 0 Å². The van der Waals surface area contributed by atoms with Gasteiger partial charge in [-0.15, -0.1) is 0 Å². The Morgan fingerprint density at radius 1 is 0.846 bits per heavy atom. The van der Waals surface area contributed by atoms with Crippen LogP contribution in [0.3, 0.4) is 0 Å². The number of hydrogen-bond donors (Lipinski definition) is 1. The van der Waals surface area contributed by atoms with Crippen molar-refractivity contribution < 1.29 is 18.9 Å². The van der Waals surface area contributed by atoms with Gasteiger partial charge in [0.1, 0.15) is 37.4 Å². The quantitative estimate of drug-likeness (QED) is 0.399. The SMILES string of the molecule is COCO[C@H]1CCc2c(C)cc(N=C3N=C(Nc4cc(C)c5c(n4)[C@@H](OCOC)CC5)c4ccccc43)nc21. The molecule has 202 valence electrons. The molecule has 2 aliphatic carbocycles. The molecule has 0 unspecified atom stereocenters. The van der Waals surface area contributed by atoms with E-state index in [1.54, 1.807) is 14.2 Å². The normalized spacial score (nSPS) is 20.2. The average molecular weight is 528 g/mol. The molecule has 6 rings (SSSR count). The lowest BCUT2D eigenvalue weighted by molar-refractivity contribution is -0.0736. The zero-order valence-corrected chi connectivity index (χ0v) is 22.8. The number of nitrogens with zero attached hydrogens (tertiary/aromatic N) is 4. The van der Waals surface area contributed by atoms with Crippen molar-refractivity contribution in [1.82, 2.24) is 9.97 Å². The smallest absolute Gasteiger partial charge is 0.164 e. The molecule has 0 fully saturated rings. The summed E-state index contributed by atoms with van der Waals surface area (Å²) in [6.07, 6.45) is 3.54. The Morgan fingerprint density at radius 3 is 2.13 bits per heavy atom. The summed E-state index contributed by atoms with van der Waals surface area (Å²) in [5.74, 6) is 2.69. The molecule has 1 aliphatic heterocycles. The fourth-order valence-corrected chi connectivity index (χ4v) is 5.70. The minimum Gasteiger partial charge on any atom is -0.359 e. The van der Waals surface area contributed by atoms with Crippen LogP contribution in [0.1, 0.15) is 69.8 Å². The third kappa shape index (κ3) is 4.98. The van der Waals surface area contributed by atoms with Crippen LogP contribution in [0.2, 0.25) is 0 Å². The summed E-state index contributed by atoms with van der Waals surface area (Å²) in [6, 6.07) is 12.2. The molecule has 3 aromatic rings. The number of amidine groups is 2. The zero-order valence-electron chi connectivity index (χ0n) is 22.8. The highest BCUT2D eigenvalue weighted by atomic mass is 16.7. The van der Waals surface area contributed by atoms with Gasteiger partial charge in [-0.2, -0.15) is 0 Å². The molecule has 2 atom stereocenters. The van der Waals surface area contributed by atoms with Gasteiger partial charge in [0.2, 0.25) is 0 Å². The van der Waals surface area contributed by atoms with Gasteiger partial charge in [0.15, 0.2) is 11.7 Å². The Morgan fingerprint density at radius 2 is 1.46 bits per heavy atom. The number of benzene rings is 1. The number of aromatic nitrogens is 2. The standard InChI is InChI=1S/C30H33N5O4/c1-17-13-25(31-27-19(17)9-11-23(27)38-15-36-3)33-29-21-7-5-6-8-22(21)30(35-29)34-26-14-18(2)20-10-12-24(28(20)32-26)39-16-37-4/h5-8,13-14,23-24H,9-12,15-16H2,1-4H3,(H,31,32,33,34,35)/t23-,24-/m0/s1. The first-order chi connectivity index (χ1) is 19.1. The predicted octanol–water partition coefficient (Wildman–Crippen LogP) is 5.26. The van der Waals surface area contributed by atoms with E-state index in [0.717, 1.165) is 54.0 Å². The van der Waals surface area contributed by atoms with Crippen molar-refractivity contribution >= 4 is 23.3 Å². The lowest BCUT2D eigenvalue weighted by Gasteiger charge is -2.14. The maximum absolute atomic E-state index is 5.88. The molecule has 1 N–H and O–H groups in total. The minimum absolute atomic E-state index is 0.0684. The number of pyridine rings is 2. The van der Waals surface area contributed by atoms with E-state index >= 15 is 0 Å². The molecule has 3 aliphatic rings. The van der Waals surface area contributed by atoms with E-state index in [2.05, 4.69) is 25.2 Å². The topological polar surface area (TPSA) is 99.5 Å². The summed E-state index contributed by atoms with van der Waals surface area (Å²) in [6.45, 7) is 4.71. The summed E-state index contributed by atoms with van der Waals surface area (Å²) < 4.78 is 22.0. The molecular weight excluding hydrogens is 494 g/mol. The fraction of sp³-hybridized carbons (Fsp3) is 0.400. The van der Waals surface area contributed by atoms with Gasteiger partial charge in [-0.3, -0.25) is 0 Å². The van der Waals surface area contributed by atoms with Crippen LogP contribution in [0.4, 0.5) is 11.6 Å². The second-order valence-corrected chi connectivity index (χ2v) is 10.1. The van der Waals surface area contributed by atoms with Gasteiger partial charge in [0, 0.05) is 25.3 Å². The summed E-state index contributed by atoms with van der Waals surface area (Å²) in [7, 11) is 3.26. The van der Waals surface area contributed by atoms with E-state index in [4.69, 9.17) is 38.9 Å². The zero-order chi connectivity index (χ0) is 26.9. The van der Waals surface area contributed by atoms with Gasteiger partial charge >= 0.3 is 0 Å². The van der Waals surface area contributed by atoms with E-state index < -0.39 is 0 Å². The molecule has 3 heterocycles. The Bertz CT molecular complexity index is 1470. The summed E-state index contributed by atoms with van der Waals surface area (Å²) in [5.41, 5.74) is 8.69. The number of hydrogen-bond acceptors (Lipinski definition) is 8. The Balaban J connectivity index is 1.32. The van der Waals surface area contributed by atoms with Crippen molar-refractivity contribution in [2.45, 2.75) is 51.7 Å². The molecule has 9 heteroatoms. The summed E-state index contributed by atoms with van der Waals surface area (Å²) >= 11 is 0. The first-order valence-corrected chi connectivity index (χ1v) is 13.3. The fourth-order valence-electron chi connectivity index (χ4n) is 5.70. The van der Waals surface area contributed by atoms with Crippen molar-refractivity contribution in [3.63, 3.8) is 0 Å². The highest BCUT2D eigenvalue weighted by Gasteiger charge is 2.29. The predicted molar refractivity (Wildman–Crippen MR) is 149 cm³/mol. The third-order valence-corrected chi connectivity index (χ3v) is 7.55. The minimum atomic E-state index is -0.0822. The molecule has 9 nitrogen and oxygen atoms in total. The van der Waals surface area contributed by atoms with Crippen molar-refractivity contribution in [2.24, 2.45) is 9.98 Å². The molecule has 0 amide bonds. The molecule has 0 bridgehead atoms. The van der Waals surface area contributed by atoms with E-state index in [0.29, 0.717) is 17.5 Å². The lowest BCUT2D eigenvalue weighted by atomic mass is 10.1. The monoisotopic (exact) mass is 527 g/mol. The first kappa shape index (κ1) is 25.8. The number of anilines is 1. The summed E-state index contributed by atoms with van der Waals surface area (Å²) in [5, 5.41) is 3.46. The highest BCUT2D eigenvalue weighted by molar-refractivity contribution is 6.26. The lowest BCUT2D eigenvalue weighted by Crippen LogP contribution is -2.14.